The van der Waals surface area contributed by atoms with Crippen LogP contribution in [0.5, 0.6) is 5.75 Å². The molecule has 0 saturated heterocycles. The Labute approximate surface area is 129 Å². The Bertz CT molecular complexity index is 447. The van der Waals surface area contributed by atoms with Crippen LogP contribution in [0.2, 0.25) is 0 Å². The number of rotatable bonds is 7. The van der Waals surface area contributed by atoms with Gasteiger partial charge in [-0.2, -0.15) is 0 Å². The number of nitrogens with one attached hydrogen (secondary N) is 1. The van der Waals surface area contributed by atoms with Crippen LogP contribution < -0.4 is 10.1 Å². The van der Waals surface area contributed by atoms with Gasteiger partial charge in [-0.3, -0.25) is 0 Å². The summed E-state index contributed by atoms with van der Waals surface area (Å²) in [6, 6.07) is 9.13. The molecule has 3 atom stereocenters. The molecule has 2 aliphatic carbocycles. The van der Waals surface area contributed by atoms with E-state index in [0.717, 1.165) is 36.7 Å². The summed E-state index contributed by atoms with van der Waals surface area (Å²) >= 11 is 0. The van der Waals surface area contributed by atoms with Gasteiger partial charge in [-0.15, -0.1) is 0 Å². The minimum Gasteiger partial charge on any atom is -0.494 e. The van der Waals surface area contributed by atoms with E-state index in [9.17, 15) is 0 Å². The zero-order valence-electron chi connectivity index (χ0n) is 13.5. The van der Waals surface area contributed by atoms with Crippen LogP contribution in [0.3, 0.4) is 0 Å². The van der Waals surface area contributed by atoms with Crippen LogP contribution >= 0.6 is 0 Å². The zero-order valence-corrected chi connectivity index (χ0v) is 13.5. The molecule has 1 aromatic carbocycles. The van der Waals surface area contributed by atoms with Crippen LogP contribution in [0.15, 0.2) is 24.3 Å². The van der Waals surface area contributed by atoms with Crippen LogP contribution in [0, 0.1) is 17.8 Å². The van der Waals surface area contributed by atoms with E-state index < -0.39 is 0 Å². The molecule has 2 aliphatic rings. The fourth-order valence-corrected chi connectivity index (χ4v) is 4.32. The van der Waals surface area contributed by atoms with Crippen LogP contribution in [0.1, 0.15) is 57.6 Å². The van der Waals surface area contributed by atoms with Crippen molar-refractivity contribution in [2.45, 2.75) is 52.0 Å². The molecule has 0 spiro atoms. The van der Waals surface area contributed by atoms with Crippen LogP contribution in [-0.4, -0.2) is 13.2 Å². The molecule has 0 heterocycles. The Morgan fingerprint density at radius 3 is 2.52 bits per heavy atom. The van der Waals surface area contributed by atoms with Crippen LogP contribution in [0.4, 0.5) is 0 Å². The first-order valence-corrected chi connectivity index (χ1v) is 8.82. The number of hydrogen-bond donors (Lipinski definition) is 1. The smallest absolute Gasteiger partial charge is 0.124 e. The minimum absolute atomic E-state index is 0.487. The average Bonchev–Trinajstić information content (AvgIpc) is 3.24. The third kappa shape index (κ3) is 3.11. The van der Waals surface area contributed by atoms with E-state index in [1.54, 1.807) is 0 Å². The molecule has 3 unspecified atom stereocenters. The fraction of sp³-hybridized carbons (Fsp3) is 0.684. The van der Waals surface area contributed by atoms with E-state index in [4.69, 9.17) is 4.74 Å². The average molecular weight is 287 g/mol. The van der Waals surface area contributed by atoms with Gasteiger partial charge in [0.25, 0.3) is 0 Å². The molecule has 0 aromatic heterocycles. The van der Waals surface area contributed by atoms with Gasteiger partial charge in [0.1, 0.15) is 5.75 Å². The first kappa shape index (κ1) is 14.9. The molecular formula is C19H29NO. The molecule has 0 radical (unpaired) electrons. The summed E-state index contributed by atoms with van der Waals surface area (Å²) < 4.78 is 5.89. The van der Waals surface area contributed by atoms with Crippen molar-refractivity contribution < 1.29 is 4.74 Å². The van der Waals surface area contributed by atoms with Crippen molar-refractivity contribution in [3.8, 4) is 5.75 Å². The predicted octanol–water partition coefficient (Wildman–Crippen LogP) is 4.56. The number of para-hydroxylation sites is 1. The van der Waals surface area contributed by atoms with Crippen molar-refractivity contribution in [1.29, 1.82) is 0 Å². The van der Waals surface area contributed by atoms with E-state index in [1.165, 1.54) is 37.7 Å². The summed E-state index contributed by atoms with van der Waals surface area (Å²) in [4.78, 5) is 0. The maximum absolute atomic E-state index is 5.89. The van der Waals surface area contributed by atoms with E-state index in [1.807, 2.05) is 0 Å². The summed E-state index contributed by atoms with van der Waals surface area (Å²) in [7, 11) is 0. The molecule has 2 saturated carbocycles. The highest BCUT2D eigenvalue weighted by Gasteiger charge is 2.54. The second kappa shape index (κ2) is 6.83. The SMILES string of the molecule is CCCNC(c1ccccc1OCC)C1C2CCCCC21. The lowest BCUT2D eigenvalue weighted by Crippen LogP contribution is -2.25. The standard InChI is InChI=1S/C19H29NO/c1-3-13-20-19(18-14-9-5-6-10-15(14)18)16-11-7-8-12-17(16)21-4-2/h7-8,11-12,14-15,18-20H,3-6,9-10,13H2,1-2H3. The Morgan fingerprint density at radius 2 is 1.86 bits per heavy atom. The molecule has 1 N–H and O–H groups in total. The van der Waals surface area contributed by atoms with Crippen LogP contribution in [-0.2, 0) is 0 Å². The molecule has 116 valence electrons. The van der Waals surface area contributed by atoms with Gasteiger partial charge < -0.3 is 10.1 Å². The Balaban J connectivity index is 1.82. The summed E-state index contributed by atoms with van der Waals surface area (Å²) in [6.07, 6.45) is 6.94. The summed E-state index contributed by atoms with van der Waals surface area (Å²) in [5.41, 5.74) is 1.38. The first-order chi connectivity index (χ1) is 10.4. The second-order valence-electron chi connectivity index (χ2n) is 6.59. The lowest BCUT2D eigenvalue weighted by atomic mass is 9.98. The molecule has 2 fully saturated rings. The summed E-state index contributed by atoms with van der Waals surface area (Å²) in [5.74, 6) is 3.84. The first-order valence-electron chi connectivity index (χ1n) is 8.82. The van der Waals surface area contributed by atoms with Crippen molar-refractivity contribution >= 4 is 0 Å². The third-order valence-electron chi connectivity index (χ3n) is 5.28. The zero-order chi connectivity index (χ0) is 14.7. The molecule has 2 nitrogen and oxygen atoms in total. The molecule has 0 bridgehead atoms. The summed E-state index contributed by atoms with van der Waals surface area (Å²) in [6.45, 7) is 6.16. The number of benzene rings is 1. The molecular weight excluding hydrogens is 258 g/mol. The highest BCUT2D eigenvalue weighted by molar-refractivity contribution is 5.37. The van der Waals surface area contributed by atoms with Gasteiger partial charge >= 0.3 is 0 Å². The van der Waals surface area contributed by atoms with E-state index in [0.29, 0.717) is 6.04 Å². The van der Waals surface area contributed by atoms with Crippen molar-refractivity contribution in [1.82, 2.24) is 5.32 Å². The van der Waals surface area contributed by atoms with E-state index in [2.05, 4.69) is 43.4 Å². The maximum Gasteiger partial charge on any atom is 0.124 e. The largest absolute Gasteiger partial charge is 0.494 e. The lowest BCUT2D eigenvalue weighted by molar-refractivity contribution is 0.326. The Hall–Kier alpha value is -1.02. The van der Waals surface area contributed by atoms with Gasteiger partial charge in [-0.25, -0.2) is 0 Å². The number of hydrogen-bond acceptors (Lipinski definition) is 2. The van der Waals surface area contributed by atoms with Gasteiger partial charge in [0.05, 0.1) is 6.61 Å². The van der Waals surface area contributed by atoms with Gasteiger partial charge in [0.2, 0.25) is 0 Å². The molecule has 0 aliphatic heterocycles. The Kier molecular flexibility index (Phi) is 4.84. The number of ether oxygens (including phenoxy) is 1. The maximum atomic E-state index is 5.89. The third-order valence-corrected chi connectivity index (χ3v) is 5.28. The normalized spacial score (nSPS) is 28.8. The minimum atomic E-state index is 0.487. The van der Waals surface area contributed by atoms with E-state index >= 15 is 0 Å². The van der Waals surface area contributed by atoms with Crippen molar-refractivity contribution in [2.24, 2.45) is 17.8 Å². The molecule has 1 aromatic rings. The Morgan fingerprint density at radius 1 is 1.14 bits per heavy atom. The molecule has 21 heavy (non-hydrogen) atoms. The predicted molar refractivity (Wildman–Crippen MR) is 87.6 cm³/mol. The van der Waals surface area contributed by atoms with Crippen molar-refractivity contribution in [3.05, 3.63) is 29.8 Å². The second-order valence-corrected chi connectivity index (χ2v) is 6.59. The topological polar surface area (TPSA) is 21.3 Å². The fourth-order valence-electron chi connectivity index (χ4n) is 4.32. The molecule has 0 amide bonds. The monoisotopic (exact) mass is 287 g/mol. The quantitative estimate of drug-likeness (QED) is 0.793. The highest BCUT2D eigenvalue weighted by Crippen LogP contribution is 2.61. The van der Waals surface area contributed by atoms with Gasteiger partial charge in [-0.1, -0.05) is 38.0 Å². The lowest BCUT2D eigenvalue weighted by Gasteiger charge is -2.22. The molecule has 2 heteroatoms. The summed E-state index contributed by atoms with van der Waals surface area (Å²) in [5, 5.41) is 3.82. The highest BCUT2D eigenvalue weighted by atomic mass is 16.5. The van der Waals surface area contributed by atoms with Gasteiger partial charge in [0.15, 0.2) is 0 Å². The van der Waals surface area contributed by atoms with Gasteiger partial charge in [0, 0.05) is 11.6 Å². The molecule has 3 rings (SSSR count). The number of fused-ring (bicyclic) bond motifs is 1. The van der Waals surface area contributed by atoms with Crippen LogP contribution in [0.25, 0.3) is 0 Å². The van der Waals surface area contributed by atoms with E-state index in [-0.39, 0.29) is 0 Å². The van der Waals surface area contributed by atoms with Crippen molar-refractivity contribution in [2.75, 3.05) is 13.2 Å². The van der Waals surface area contributed by atoms with Gasteiger partial charge in [-0.05, 0) is 56.6 Å². The van der Waals surface area contributed by atoms with Crippen molar-refractivity contribution in [3.63, 3.8) is 0 Å².